The predicted molar refractivity (Wildman–Crippen MR) is 181 cm³/mol. The lowest BCUT2D eigenvalue weighted by Crippen LogP contribution is -2.62. The third-order valence-corrected chi connectivity index (χ3v) is 9.99. The number of carbonyl (C=O) groups is 6. The van der Waals surface area contributed by atoms with E-state index in [1.807, 2.05) is 41.5 Å². The van der Waals surface area contributed by atoms with Gasteiger partial charge in [-0.05, 0) is 74.0 Å². The summed E-state index contributed by atoms with van der Waals surface area (Å²) in [5.41, 5.74) is 3.53. The number of nitrogens with one attached hydrogen (secondary N) is 3. The first kappa shape index (κ1) is 39.1. The van der Waals surface area contributed by atoms with Crippen LogP contribution in [0.4, 0.5) is 9.59 Å². The third-order valence-electron chi connectivity index (χ3n) is 9.99. The summed E-state index contributed by atoms with van der Waals surface area (Å²) in [6, 6.07) is -3.92. The molecule has 3 rings (SSSR count). The highest BCUT2D eigenvalue weighted by Crippen LogP contribution is 2.65. The second kappa shape index (κ2) is 13.9. The maximum Gasteiger partial charge on any atom is 0.410 e. The standard InChI is InChI=1S/C35H60N6O7/c1-32(2,3)16-20(17-40(12)31(47)48-34(7,8)9)37-30(46)39-26(33(4,5)6)29(45)41-18-21-22(35(21,10)11)24(41)28(44)38-23(19-14-13-15-19)25(42)27(36)43/h19-24,26H,13-18H2,1-12H3,(H2,36,43)(H,38,44)(H2,37,39,46)/t20-,21-,22-,23?,24-,26+/m0/s1. The second-order valence-corrected chi connectivity index (χ2v) is 18.0. The Kier molecular flexibility index (Phi) is 11.3. The smallest absolute Gasteiger partial charge is 0.410 e. The van der Waals surface area contributed by atoms with E-state index < -0.39 is 70.8 Å². The zero-order valence-electron chi connectivity index (χ0n) is 31.1. The van der Waals surface area contributed by atoms with Crippen LogP contribution in [0.3, 0.4) is 0 Å². The van der Waals surface area contributed by atoms with Gasteiger partial charge in [-0.15, -0.1) is 0 Å². The van der Waals surface area contributed by atoms with Gasteiger partial charge in [-0.25, -0.2) is 9.59 Å². The SMILES string of the molecule is CN(C[C@H](CC(C)(C)C)NC(=O)N[C@H](C(=O)N1C[C@H]2[C@@H]([C@H]1C(=O)NC(C(=O)C(N)=O)C1CCC1)C2(C)C)C(C)(C)C)C(=O)OC(C)(C)C. The third kappa shape index (κ3) is 9.40. The molecule has 0 spiro atoms. The molecule has 13 heteroatoms. The van der Waals surface area contributed by atoms with Crippen molar-refractivity contribution in [3.63, 3.8) is 0 Å². The molecule has 0 radical (unpaired) electrons. The van der Waals surface area contributed by atoms with E-state index in [4.69, 9.17) is 10.5 Å². The fraction of sp³-hybridized carbons (Fsp3) is 0.829. The van der Waals surface area contributed by atoms with Crippen LogP contribution in [0.15, 0.2) is 0 Å². The molecule has 0 aromatic carbocycles. The molecule has 3 aliphatic rings. The number of Topliss-reactive ketones (excluding diaryl/α,β-unsaturated/α-hetero) is 1. The van der Waals surface area contributed by atoms with Crippen LogP contribution < -0.4 is 21.7 Å². The van der Waals surface area contributed by atoms with E-state index in [9.17, 15) is 28.8 Å². The Morgan fingerprint density at radius 3 is 1.98 bits per heavy atom. The van der Waals surface area contributed by atoms with E-state index in [0.29, 0.717) is 25.8 Å². The normalized spacial score (nSPS) is 23.8. The number of nitrogens with zero attached hydrogens (tertiary/aromatic N) is 2. The van der Waals surface area contributed by atoms with Gasteiger partial charge in [0.2, 0.25) is 17.6 Å². The maximum atomic E-state index is 14.4. The van der Waals surface area contributed by atoms with E-state index >= 15 is 0 Å². The van der Waals surface area contributed by atoms with Gasteiger partial charge in [-0.2, -0.15) is 0 Å². The highest BCUT2D eigenvalue weighted by atomic mass is 16.6. The number of hydrogen-bond acceptors (Lipinski definition) is 7. The van der Waals surface area contributed by atoms with Crippen molar-refractivity contribution >= 4 is 35.6 Å². The fourth-order valence-electron chi connectivity index (χ4n) is 7.19. The number of rotatable bonds is 11. The Morgan fingerprint density at radius 1 is 0.938 bits per heavy atom. The fourth-order valence-corrected chi connectivity index (χ4v) is 7.19. The zero-order chi connectivity index (χ0) is 36.7. The number of nitrogens with two attached hydrogens (primary N) is 1. The molecule has 6 amide bonds. The van der Waals surface area contributed by atoms with Crippen molar-refractivity contribution in [2.45, 2.75) is 132 Å². The molecule has 5 N–H and O–H groups in total. The summed E-state index contributed by atoms with van der Waals surface area (Å²) < 4.78 is 5.49. The van der Waals surface area contributed by atoms with Crippen LogP contribution in [0, 0.1) is 34.0 Å². The van der Waals surface area contributed by atoms with E-state index in [0.717, 1.165) is 6.42 Å². The molecule has 1 saturated heterocycles. The van der Waals surface area contributed by atoms with Crippen LogP contribution in [-0.4, -0.2) is 95.3 Å². The summed E-state index contributed by atoms with van der Waals surface area (Å²) in [7, 11) is 1.61. The van der Waals surface area contributed by atoms with Crippen molar-refractivity contribution in [3.05, 3.63) is 0 Å². The number of fused-ring (bicyclic) bond motifs is 1. The van der Waals surface area contributed by atoms with Gasteiger partial charge in [0.1, 0.15) is 23.7 Å². The number of amides is 6. The molecule has 0 aromatic heterocycles. The number of urea groups is 1. The lowest BCUT2D eigenvalue weighted by atomic mass is 9.78. The number of piperidine rings is 1. The van der Waals surface area contributed by atoms with Gasteiger partial charge in [-0.3, -0.25) is 19.2 Å². The molecule has 0 aromatic rings. The minimum absolute atomic E-state index is 0.0696. The monoisotopic (exact) mass is 676 g/mol. The summed E-state index contributed by atoms with van der Waals surface area (Å²) in [6.45, 7) is 21.6. The van der Waals surface area contributed by atoms with E-state index in [1.54, 1.807) is 27.8 Å². The van der Waals surface area contributed by atoms with Gasteiger partial charge < -0.3 is 36.2 Å². The van der Waals surface area contributed by atoms with Crippen LogP contribution in [0.1, 0.15) is 102 Å². The second-order valence-electron chi connectivity index (χ2n) is 18.0. The maximum absolute atomic E-state index is 14.4. The lowest BCUT2D eigenvalue weighted by Gasteiger charge is -2.39. The van der Waals surface area contributed by atoms with Crippen molar-refractivity contribution in [1.29, 1.82) is 0 Å². The molecule has 1 heterocycles. The summed E-state index contributed by atoms with van der Waals surface area (Å²) >= 11 is 0. The van der Waals surface area contributed by atoms with E-state index in [-0.39, 0.29) is 35.1 Å². The molecule has 3 fully saturated rings. The van der Waals surface area contributed by atoms with Crippen molar-refractivity contribution in [1.82, 2.24) is 25.8 Å². The van der Waals surface area contributed by atoms with Crippen molar-refractivity contribution in [2.24, 2.45) is 39.7 Å². The largest absolute Gasteiger partial charge is 0.444 e. The number of likely N-dealkylation sites (N-methyl/N-ethyl adjacent to an activating group) is 1. The van der Waals surface area contributed by atoms with Crippen molar-refractivity contribution in [3.8, 4) is 0 Å². The highest BCUT2D eigenvalue weighted by Gasteiger charge is 2.70. The molecule has 2 saturated carbocycles. The van der Waals surface area contributed by atoms with Crippen molar-refractivity contribution in [2.75, 3.05) is 20.1 Å². The lowest BCUT2D eigenvalue weighted by molar-refractivity contribution is -0.145. The molecule has 6 atom stereocenters. The Morgan fingerprint density at radius 2 is 1.52 bits per heavy atom. The van der Waals surface area contributed by atoms with E-state index in [1.165, 1.54) is 9.80 Å². The van der Waals surface area contributed by atoms with Gasteiger partial charge >= 0.3 is 12.1 Å². The van der Waals surface area contributed by atoms with Gasteiger partial charge in [0.25, 0.3) is 5.91 Å². The molecule has 272 valence electrons. The van der Waals surface area contributed by atoms with E-state index in [2.05, 4.69) is 29.8 Å². The molecule has 2 aliphatic carbocycles. The van der Waals surface area contributed by atoms with Crippen LogP contribution >= 0.6 is 0 Å². The minimum atomic E-state index is -1.10. The number of ketones is 1. The van der Waals surface area contributed by atoms with Crippen molar-refractivity contribution < 1.29 is 33.5 Å². The topological polar surface area (TPSA) is 180 Å². The predicted octanol–water partition coefficient (Wildman–Crippen LogP) is 3.19. The molecule has 48 heavy (non-hydrogen) atoms. The number of hydrogen-bond donors (Lipinski definition) is 4. The number of likely N-dealkylation sites (tertiary alicyclic amines) is 1. The molecule has 1 unspecified atom stereocenters. The number of carbonyl (C=O) groups excluding carboxylic acids is 6. The summed E-state index contributed by atoms with van der Waals surface area (Å²) in [4.78, 5) is 82.1. The van der Waals surface area contributed by atoms with Crippen LogP contribution in [0.5, 0.6) is 0 Å². The van der Waals surface area contributed by atoms with Gasteiger partial charge in [0, 0.05) is 26.2 Å². The first-order chi connectivity index (χ1) is 21.7. The zero-order valence-corrected chi connectivity index (χ0v) is 31.1. The molecular weight excluding hydrogens is 616 g/mol. The Hall–Kier alpha value is -3.38. The molecule has 0 bridgehead atoms. The average molecular weight is 677 g/mol. The minimum Gasteiger partial charge on any atom is -0.444 e. The van der Waals surface area contributed by atoms with Gasteiger partial charge in [0.05, 0.1) is 0 Å². The first-order valence-corrected chi connectivity index (χ1v) is 17.2. The Bertz CT molecular complexity index is 1270. The van der Waals surface area contributed by atoms with Crippen LogP contribution in [0.25, 0.3) is 0 Å². The molecule has 13 nitrogen and oxygen atoms in total. The Labute approximate surface area is 286 Å². The van der Waals surface area contributed by atoms with Crippen LogP contribution in [0.2, 0.25) is 0 Å². The molecular formula is C35H60N6O7. The summed E-state index contributed by atoms with van der Waals surface area (Å²) in [5.74, 6) is -3.06. The molecule has 1 aliphatic heterocycles. The highest BCUT2D eigenvalue weighted by molar-refractivity contribution is 6.38. The number of ether oxygens (including phenoxy) is 1. The average Bonchev–Trinajstić information content (AvgIpc) is 3.20. The van der Waals surface area contributed by atoms with Gasteiger partial charge in [0.15, 0.2) is 0 Å². The first-order valence-electron chi connectivity index (χ1n) is 17.2. The van der Waals surface area contributed by atoms with Crippen LogP contribution in [-0.2, 0) is 23.9 Å². The summed E-state index contributed by atoms with van der Waals surface area (Å²) in [5, 5.41) is 8.67. The number of primary amides is 1. The summed E-state index contributed by atoms with van der Waals surface area (Å²) in [6.07, 6.45) is 2.32. The quantitative estimate of drug-likeness (QED) is 0.243. The Balaban J connectivity index is 1.81. The van der Waals surface area contributed by atoms with Gasteiger partial charge in [-0.1, -0.05) is 61.8 Å².